The number of hydrogen-bond donors (Lipinski definition) is 1. The number of benzene rings is 2. The fraction of sp³-hybridized carbons (Fsp3) is 0.150. The summed E-state index contributed by atoms with van der Waals surface area (Å²) in [4.78, 5) is 18.7. The zero-order valence-corrected chi connectivity index (χ0v) is 18.0. The van der Waals surface area contributed by atoms with Crippen molar-refractivity contribution < 1.29 is 22.0 Å². The van der Waals surface area contributed by atoms with E-state index >= 15 is 0 Å². The van der Waals surface area contributed by atoms with Crippen LogP contribution in [0.3, 0.4) is 0 Å². The maximum absolute atomic E-state index is 13.7. The molecule has 3 rings (SSSR count). The third-order valence-corrected chi connectivity index (χ3v) is 5.69. The van der Waals surface area contributed by atoms with Gasteiger partial charge in [0, 0.05) is 10.6 Å². The van der Waals surface area contributed by atoms with Gasteiger partial charge in [0.05, 0.1) is 24.4 Å². The second-order valence-electron chi connectivity index (χ2n) is 6.60. The highest BCUT2D eigenvalue weighted by molar-refractivity contribution is 7.89. The van der Waals surface area contributed by atoms with E-state index in [-0.39, 0.29) is 12.2 Å². The van der Waals surface area contributed by atoms with Crippen molar-refractivity contribution in [3.8, 4) is 6.07 Å². The normalized spacial score (nSPS) is 11.1. The summed E-state index contributed by atoms with van der Waals surface area (Å²) >= 11 is 1.13. The molecule has 2 aromatic carbocycles. The summed E-state index contributed by atoms with van der Waals surface area (Å²) in [5.74, 6) is -2.84. The van der Waals surface area contributed by atoms with E-state index in [2.05, 4.69) is 4.98 Å². The topological polar surface area (TPSA) is 103 Å². The van der Waals surface area contributed by atoms with Gasteiger partial charge >= 0.3 is 0 Å². The van der Waals surface area contributed by atoms with Crippen molar-refractivity contribution >= 4 is 38.1 Å². The molecule has 0 aliphatic carbocycles. The number of aromatic nitrogens is 1. The largest absolute Gasteiger partial charge is 0.313 e. The molecule has 1 N–H and O–H groups in total. The van der Waals surface area contributed by atoms with E-state index in [1.807, 2.05) is 10.8 Å². The highest BCUT2D eigenvalue weighted by Gasteiger charge is 2.22. The number of carbonyl (C=O) groups is 1. The number of anilines is 2. The molecule has 0 radical (unpaired) electrons. The molecule has 0 saturated carbocycles. The number of thiazole rings is 1. The summed E-state index contributed by atoms with van der Waals surface area (Å²) in [5.41, 5.74) is 1.40. The lowest BCUT2D eigenvalue weighted by Gasteiger charge is -2.22. The minimum atomic E-state index is -3.77. The minimum Gasteiger partial charge on any atom is -0.313 e. The van der Waals surface area contributed by atoms with Crippen molar-refractivity contribution in [2.75, 3.05) is 11.2 Å². The first-order chi connectivity index (χ1) is 14.6. The van der Waals surface area contributed by atoms with E-state index in [0.29, 0.717) is 26.8 Å². The fourth-order valence-corrected chi connectivity index (χ4v) is 4.09. The van der Waals surface area contributed by atoms with Gasteiger partial charge in [-0.25, -0.2) is 26.9 Å². The molecule has 0 fully saturated rings. The molecule has 1 heterocycles. The van der Waals surface area contributed by atoms with Crippen LogP contribution in [0.15, 0.2) is 42.5 Å². The Morgan fingerprint density at radius 2 is 1.87 bits per heavy atom. The summed E-state index contributed by atoms with van der Waals surface area (Å²) in [6.45, 7) is 1.70. The van der Waals surface area contributed by atoms with Crippen LogP contribution in [0, 0.1) is 29.9 Å². The van der Waals surface area contributed by atoms with E-state index in [4.69, 9.17) is 5.26 Å². The molecule has 0 aliphatic heterocycles. The molecule has 11 heteroatoms. The Morgan fingerprint density at radius 3 is 2.45 bits per heavy atom. The first kappa shape index (κ1) is 22.3. The monoisotopic (exact) mass is 462 g/mol. The molecule has 0 saturated heterocycles. The second kappa shape index (κ2) is 8.79. The zero-order chi connectivity index (χ0) is 22.8. The molecule has 160 valence electrons. The first-order valence-corrected chi connectivity index (χ1v) is 11.5. The van der Waals surface area contributed by atoms with Crippen LogP contribution in [-0.4, -0.2) is 25.6 Å². The van der Waals surface area contributed by atoms with Gasteiger partial charge in [0.15, 0.2) is 16.8 Å². The number of amides is 1. The lowest BCUT2D eigenvalue weighted by atomic mass is 10.1. The molecule has 0 aliphatic rings. The lowest BCUT2D eigenvalue weighted by molar-refractivity contribution is 0.0977. The van der Waals surface area contributed by atoms with Crippen LogP contribution in [0.1, 0.15) is 26.5 Å². The standard InChI is InChI=1S/C20H16F2N4O3S2/c1-12-18(19(27)25-31(2,28)29)24-20(30-12)26(15-6-3-13(10-23)4-7-15)11-14-5-8-16(21)17(22)9-14/h3-9H,11H2,1-2H3,(H,25,27). The number of carbonyl (C=O) groups excluding carboxylic acids is 1. The summed E-state index contributed by atoms with van der Waals surface area (Å²) < 4.78 is 51.7. The molecule has 0 bridgehead atoms. The quantitative estimate of drug-likeness (QED) is 0.600. The number of nitrogens with zero attached hydrogens (tertiary/aromatic N) is 3. The van der Waals surface area contributed by atoms with E-state index in [9.17, 15) is 22.0 Å². The van der Waals surface area contributed by atoms with Crippen molar-refractivity contribution in [2.45, 2.75) is 13.5 Å². The Hall–Kier alpha value is -3.36. The second-order valence-corrected chi connectivity index (χ2v) is 9.53. The summed E-state index contributed by atoms with van der Waals surface area (Å²) in [5, 5.41) is 9.36. The van der Waals surface area contributed by atoms with Gasteiger partial charge in [-0.2, -0.15) is 5.26 Å². The van der Waals surface area contributed by atoms with Crippen molar-refractivity contribution in [1.29, 1.82) is 5.26 Å². The molecular formula is C20H16F2N4O3S2. The number of aryl methyl sites for hydroxylation is 1. The smallest absolute Gasteiger partial charge is 0.284 e. The van der Waals surface area contributed by atoms with Gasteiger partial charge in [-0.1, -0.05) is 6.07 Å². The Balaban J connectivity index is 2.03. The molecule has 1 amide bonds. The molecule has 0 atom stereocenters. The molecular weight excluding hydrogens is 446 g/mol. The number of sulfonamides is 1. The SMILES string of the molecule is Cc1sc(N(Cc2ccc(F)c(F)c2)c2ccc(C#N)cc2)nc1C(=O)NS(C)(=O)=O. The van der Waals surface area contributed by atoms with Gasteiger partial charge in [-0.15, -0.1) is 11.3 Å². The van der Waals surface area contributed by atoms with Crippen LogP contribution >= 0.6 is 11.3 Å². The van der Waals surface area contributed by atoms with E-state index < -0.39 is 27.6 Å². The third-order valence-electron chi connectivity index (χ3n) is 4.14. The van der Waals surface area contributed by atoms with Crippen LogP contribution in [0.25, 0.3) is 0 Å². The van der Waals surface area contributed by atoms with Crippen LogP contribution in [0.2, 0.25) is 0 Å². The van der Waals surface area contributed by atoms with E-state index in [1.54, 1.807) is 36.1 Å². The number of halogens is 2. The van der Waals surface area contributed by atoms with E-state index in [1.165, 1.54) is 6.07 Å². The summed E-state index contributed by atoms with van der Waals surface area (Å²) in [6, 6.07) is 12.0. The highest BCUT2D eigenvalue weighted by Crippen LogP contribution is 2.33. The van der Waals surface area contributed by atoms with Crippen molar-refractivity contribution in [2.24, 2.45) is 0 Å². The first-order valence-electron chi connectivity index (χ1n) is 8.78. The van der Waals surface area contributed by atoms with Gasteiger partial charge in [-0.05, 0) is 48.9 Å². The average molecular weight is 463 g/mol. The highest BCUT2D eigenvalue weighted by atomic mass is 32.2. The molecule has 7 nitrogen and oxygen atoms in total. The zero-order valence-electron chi connectivity index (χ0n) is 16.4. The van der Waals surface area contributed by atoms with Gasteiger partial charge in [0.25, 0.3) is 5.91 Å². The number of nitriles is 1. The van der Waals surface area contributed by atoms with Crippen LogP contribution < -0.4 is 9.62 Å². The maximum atomic E-state index is 13.7. The number of rotatable bonds is 6. The number of nitrogens with one attached hydrogen (secondary N) is 1. The predicted octanol–water partition coefficient (Wildman–Crippen LogP) is 3.63. The predicted molar refractivity (Wildman–Crippen MR) is 113 cm³/mol. The Bertz CT molecular complexity index is 1280. The Labute approximate surface area is 181 Å². The lowest BCUT2D eigenvalue weighted by Crippen LogP contribution is -2.30. The maximum Gasteiger partial charge on any atom is 0.284 e. The minimum absolute atomic E-state index is 0.0608. The third kappa shape index (κ3) is 5.42. The van der Waals surface area contributed by atoms with Crippen molar-refractivity contribution in [1.82, 2.24) is 9.71 Å². The molecule has 0 unspecified atom stereocenters. The molecule has 1 aromatic heterocycles. The number of hydrogen-bond acceptors (Lipinski definition) is 7. The Morgan fingerprint density at radius 1 is 1.19 bits per heavy atom. The van der Waals surface area contributed by atoms with Gasteiger partial charge in [-0.3, -0.25) is 4.79 Å². The van der Waals surface area contributed by atoms with Crippen molar-refractivity contribution in [3.05, 3.63) is 75.8 Å². The van der Waals surface area contributed by atoms with Gasteiger partial charge < -0.3 is 4.90 Å². The van der Waals surface area contributed by atoms with Crippen LogP contribution in [0.5, 0.6) is 0 Å². The fourth-order valence-electron chi connectivity index (χ4n) is 2.73. The van der Waals surface area contributed by atoms with Gasteiger partial charge in [0.2, 0.25) is 10.0 Å². The van der Waals surface area contributed by atoms with Crippen LogP contribution in [0.4, 0.5) is 19.6 Å². The van der Waals surface area contributed by atoms with Crippen LogP contribution in [-0.2, 0) is 16.6 Å². The van der Waals surface area contributed by atoms with Crippen molar-refractivity contribution in [3.63, 3.8) is 0 Å². The molecule has 31 heavy (non-hydrogen) atoms. The van der Waals surface area contributed by atoms with E-state index in [0.717, 1.165) is 29.7 Å². The summed E-state index contributed by atoms with van der Waals surface area (Å²) in [7, 11) is -3.77. The molecule has 3 aromatic rings. The Kier molecular flexibility index (Phi) is 6.33. The average Bonchev–Trinajstić information content (AvgIpc) is 3.09. The summed E-state index contributed by atoms with van der Waals surface area (Å²) in [6.07, 6.45) is 0.861. The molecule has 0 spiro atoms. The van der Waals surface area contributed by atoms with Gasteiger partial charge in [0.1, 0.15) is 5.69 Å².